The number of aldehydes is 1. The average Bonchev–Trinajstić information content (AvgIpc) is 1.89. The van der Waals surface area contributed by atoms with Crippen molar-refractivity contribution >= 4 is 6.29 Å². The van der Waals surface area contributed by atoms with E-state index in [9.17, 15) is 4.79 Å². The first-order valence-corrected chi connectivity index (χ1v) is 2.96. The van der Waals surface area contributed by atoms with Crippen LogP contribution in [0.15, 0.2) is 0 Å². The van der Waals surface area contributed by atoms with Gasteiger partial charge in [-0.3, -0.25) is 0 Å². The Morgan fingerprint density at radius 1 is 1.78 bits per heavy atom. The average molecular weight is 130 g/mol. The molecule has 0 aliphatic carbocycles. The molecule has 0 spiro atoms. The summed E-state index contributed by atoms with van der Waals surface area (Å²) in [6.45, 7) is 1.84. The molecule has 2 N–H and O–H groups in total. The summed E-state index contributed by atoms with van der Waals surface area (Å²) in [4.78, 5) is 10.1. The van der Waals surface area contributed by atoms with Gasteiger partial charge in [-0.25, -0.2) is 0 Å². The third kappa shape index (κ3) is 1.48. The van der Waals surface area contributed by atoms with Gasteiger partial charge in [0.25, 0.3) is 0 Å². The van der Waals surface area contributed by atoms with Crippen LogP contribution in [-0.2, 0) is 4.79 Å². The smallest absolute Gasteiger partial charge is 0.140 e. The zero-order valence-corrected chi connectivity index (χ0v) is 5.08. The number of carbonyl (C=O) groups excluding carboxylic acids is 1. The Kier molecular flexibility index (Phi) is 2.16. The van der Waals surface area contributed by atoms with Crippen LogP contribution < -0.4 is 5.32 Å². The molecule has 0 bridgehead atoms. The first-order valence-electron chi connectivity index (χ1n) is 2.96. The molecule has 1 rings (SSSR count). The van der Waals surface area contributed by atoms with E-state index in [1.807, 2.05) is 0 Å². The zero-order chi connectivity index (χ0) is 6.69. The first kappa shape index (κ1) is 6.67. The minimum absolute atomic E-state index is 0.348. The second-order valence-electron chi connectivity index (χ2n) is 2.07. The maximum atomic E-state index is 10.1. The van der Waals surface area contributed by atoms with Gasteiger partial charge in [-0.15, -0.1) is 0 Å². The highest BCUT2D eigenvalue weighted by atomic mass is 16.5. The minimum Gasteiger partial charge on any atom is -0.313 e. The molecule has 9 heavy (non-hydrogen) atoms. The molecule has 0 aromatic rings. The van der Waals surface area contributed by atoms with Gasteiger partial charge < -0.3 is 15.3 Å². The van der Waals surface area contributed by atoms with Crippen molar-refractivity contribution in [3.05, 3.63) is 0 Å². The standard InChI is InChI=1S/C5H10N2O2/c8-4-5-3-6-1-2-7(5)9/h4-6,9H,1-3H2. The summed E-state index contributed by atoms with van der Waals surface area (Å²) >= 11 is 0. The zero-order valence-electron chi connectivity index (χ0n) is 5.08. The predicted molar refractivity (Wildman–Crippen MR) is 31.2 cm³/mol. The van der Waals surface area contributed by atoms with Crippen LogP contribution in [0.2, 0.25) is 0 Å². The van der Waals surface area contributed by atoms with Gasteiger partial charge in [0, 0.05) is 19.6 Å². The maximum absolute atomic E-state index is 10.1. The van der Waals surface area contributed by atoms with Gasteiger partial charge in [0.05, 0.1) is 0 Å². The van der Waals surface area contributed by atoms with Crippen LogP contribution in [0.5, 0.6) is 0 Å². The summed E-state index contributed by atoms with van der Waals surface area (Å²) in [5.74, 6) is 0. The molecule has 0 amide bonds. The van der Waals surface area contributed by atoms with Crippen LogP contribution in [-0.4, -0.2) is 42.2 Å². The van der Waals surface area contributed by atoms with E-state index >= 15 is 0 Å². The molecule has 52 valence electrons. The lowest BCUT2D eigenvalue weighted by Gasteiger charge is -2.26. The van der Waals surface area contributed by atoms with Crippen LogP contribution in [0.3, 0.4) is 0 Å². The van der Waals surface area contributed by atoms with E-state index in [2.05, 4.69) is 5.32 Å². The molecule has 4 nitrogen and oxygen atoms in total. The lowest BCUT2D eigenvalue weighted by molar-refractivity contribution is -0.148. The molecular formula is C5H10N2O2. The van der Waals surface area contributed by atoms with Crippen molar-refractivity contribution in [3.8, 4) is 0 Å². The number of nitrogens with one attached hydrogen (secondary N) is 1. The molecule has 4 heteroatoms. The molecular weight excluding hydrogens is 120 g/mol. The Balaban J connectivity index is 2.38. The third-order valence-electron chi connectivity index (χ3n) is 1.41. The Hall–Kier alpha value is -0.450. The van der Waals surface area contributed by atoms with Gasteiger partial charge in [-0.1, -0.05) is 0 Å². The third-order valence-corrected chi connectivity index (χ3v) is 1.41. The van der Waals surface area contributed by atoms with E-state index in [0.29, 0.717) is 13.1 Å². The minimum atomic E-state index is -0.348. The fraction of sp³-hybridized carbons (Fsp3) is 0.800. The van der Waals surface area contributed by atoms with Crippen LogP contribution in [0.1, 0.15) is 0 Å². The van der Waals surface area contributed by atoms with E-state index in [4.69, 9.17) is 5.21 Å². The van der Waals surface area contributed by atoms with Crippen LogP contribution >= 0.6 is 0 Å². The molecule has 0 aromatic carbocycles. The quantitative estimate of drug-likeness (QED) is 0.440. The van der Waals surface area contributed by atoms with E-state index < -0.39 is 0 Å². The fourth-order valence-electron chi connectivity index (χ4n) is 0.833. The molecule has 1 heterocycles. The number of piperazine rings is 1. The second kappa shape index (κ2) is 2.91. The summed E-state index contributed by atoms with van der Waals surface area (Å²) in [6, 6.07) is -0.348. The molecule has 0 radical (unpaired) electrons. The number of nitrogens with zero attached hydrogens (tertiary/aromatic N) is 1. The van der Waals surface area contributed by atoms with Crippen LogP contribution in [0.25, 0.3) is 0 Å². The van der Waals surface area contributed by atoms with E-state index in [-0.39, 0.29) is 6.04 Å². The van der Waals surface area contributed by atoms with Crippen molar-refractivity contribution in [3.63, 3.8) is 0 Å². The van der Waals surface area contributed by atoms with Crippen molar-refractivity contribution in [2.24, 2.45) is 0 Å². The lowest BCUT2D eigenvalue weighted by atomic mass is 10.2. The molecule has 1 aliphatic rings. The van der Waals surface area contributed by atoms with Gasteiger partial charge in [0.2, 0.25) is 0 Å². The SMILES string of the molecule is O=CC1CNCCN1O. The van der Waals surface area contributed by atoms with Crippen molar-refractivity contribution in [1.29, 1.82) is 0 Å². The number of hydroxylamine groups is 2. The van der Waals surface area contributed by atoms with Crippen molar-refractivity contribution in [1.82, 2.24) is 10.4 Å². The molecule has 1 atom stereocenters. The topological polar surface area (TPSA) is 52.6 Å². The normalized spacial score (nSPS) is 30.1. The van der Waals surface area contributed by atoms with Gasteiger partial charge >= 0.3 is 0 Å². The predicted octanol–water partition coefficient (Wildman–Crippen LogP) is -1.15. The summed E-state index contributed by atoms with van der Waals surface area (Å²) in [7, 11) is 0. The highest BCUT2D eigenvalue weighted by Crippen LogP contribution is 1.94. The molecule has 1 saturated heterocycles. The summed E-state index contributed by atoms with van der Waals surface area (Å²) in [5, 5.41) is 13.0. The highest BCUT2D eigenvalue weighted by molar-refractivity contribution is 5.57. The second-order valence-corrected chi connectivity index (χ2v) is 2.07. The first-order chi connectivity index (χ1) is 4.34. The molecule has 1 unspecified atom stereocenters. The van der Waals surface area contributed by atoms with Crippen LogP contribution in [0.4, 0.5) is 0 Å². The maximum Gasteiger partial charge on any atom is 0.140 e. The number of hydrogen-bond acceptors (Lipinski definition) is 4. The van der Waals surface area contributed by atoms with Crippen molar-refractivity contribution in [2.75, 3.05) is 19.6 Å². The van der Waals surface area contributed by atoms with E-state index in [1.165, 1.54) is 0 Å². The van der Waals surface area contributed by atoms with Crippen LogP contribution in [0, 0.1) is 0 Å². The summed E-state index contributed by atoms with van der Waals surface area (Å²) in [6.07, 6.45) is 0.742. The Morgan fingerprint density at radius 3 is 3.00 bits per heavy atom. The summed E-state index contributed by atoms with van der Waals surface area (Å²) < 4.78 is 0. The Morgan fingerprint density at radius 2 is 2.56 bits per heavy atom. The Labute approximate surface area is 53.4 Å². The number of carbonyl (C=O) groups is 1. The number of hydrogen-bond donors (Lipinski definition) is 2. The van der Waals surface area contributed by atoms with Crippen molar-refractivity contribution in [2.45, 2.75) is 6.04 Å². The largest absolute Gasteiger partial charge is 0.313 e. The molecule has 0 aromatic heterocycles. The van der Waals surface area contributed by atoms with Gasteiger partial charge in [0.15, 0.2) is 0 Å². The van der Waals surface area contributed by atoms with E-state index in [0.717, 1.165) is 17.9 Å². The van der Waals surface area contributed by atoms with E-state index in [1.54, 1.807) is 0 Å². The molecule has 1 fully saturated rings. The van der Waals surface area contributed by atoms with Gasteiger partial charge in [-0.2, -0.15) is 5.06 Å². The Bertz CT molecular complexity index is 107. The molecule has 1 aliphatic heterocycles. The van der Waals surface area contributed by atoms with Gasteiger partial charge in [-0.05, 0) is 0 Å². The highest BCUT2D eigenvalue weighted by Gasteiger charge is 2.18. The molecule has 0 saturated carbocycles. The number of rotatable bonds is 1. The summed E-state index contributed by atoms with van der Waals surface area (Å²) in [5.41, 5.74) is 0. The monoisotopic (exact) mass is 130 g/mol. The van der Waals surface area contributed by atoms with Gasteiger partial charge in [0.1, 0.15) is 12.3 Å². The fourth-order valence-corrected chi connectivity index (χ4v) is 0.833. The van der Waals surface area contributed by atoms with Crippen molar-refractivity contribution < 1.29 is 10.0 Å². The lowest BCUT2D eigenvalue weighted by Crippen LogP contribution is -2.50.